The van der Waals surface area contributed by atoms with Crippen molar-refractivity contribution in [2.45, 2.75) is 415 Å². The minimum absolute atomic E-state index is 0.0515. The molecule has 2 aliphatic carbocycles. The van der Waals surface area contributed by atoms with Gasteiger partial charge in [-0.05, 0) is 172 Å². The van der Waals surface area contributed by atoms with Gasteiger partial charge in [-0.15, -0.1) is 0 Å². The number of alkyl carbamates (subject to hydrolysis) is 5. The van der Waals surface area contributed by atoms with Gasteiger partial charge < -0.3 is 190 Å². The van der Waals surface area contributed by atoms with Gasteiger partial charge >= 0.3 is 30.5 Å². The number of nitrogens with one attached hydrogen (secondary N) is 9. The second kappa shape index (κ2) is 45.9. The number of aliphatic hydroxyl groups excluding tert-OH is 12. The van der Waals surface area contributed by atoms with Crippen LogP contribution in [0.5, 0.6) is 0 Å². The first-order valence-corrected chi connectivity index (χ1v) is 45.2. The number of carbonyl (C=O) groups is 5. The summed E-state index contributed by atoms with van der Waals surface area (Å²) in [6.07, 6.45) is -47.3. The van der Waals surface area contributed by atoms with Crippen molar-refractivity contribution in [3.05, 3.63) is 0 Å². The van der Waals surface area contributed by atoms with Crippen molar-refractivity contribution in [1.82, 2.24) is 47.9 Å². The lowest BCUT2D eigenvalue weighted by molar-refractivity contribution is -0.325. The van der Waals surface area contributed by atoms with Crippen LogP contribution >= 0.6 is 24.4 Å². The third kappa shape index (κ3) is 30.1. The maximum atomic E-state index is 14.0. The predicted octanol–water partition coefficient (Wildman–Crippen LogP) is -0.167. The second-order valence-electron chi connectivity index (χ2n) is 39.6. The van der Waals surface area contributed by atoms with E-state index in [1.807, 2.05) is 13.8 Å². The van der Waals surface area contributed by atoms with Gasteiger partial charge in [-0.3, -0.25) is 0 Å². The molecule has 8 rings (SSSR count). The molecule has 6 heterocycles. The molecule has 0 radical (unpaired) electrons. The molecule has 38 atom stereocenters. The van der Waals surface area contributed by atoms with E-state index < -0.39 is 298 Å². The lowest BCUT2D eigenvalue weighted by Crippen LogP contribution is -2.68. The third-order valence-electron chi connectivity index (χ3n) is 23.0. The third-order valence-corrected chi connectivity index (χ3v) is 23.6. The highest BCUT2D eigenvalue weighted by Gasteiger charge is 2.59. The number of aliphatic hydroxyl groups is 12. The summed E-state index contributed by atoms with van der Waals surface area (Å²) in [4.78, 5) is 67.0. The molecule has 0 aromatic heterocycles. The van der Waals surface area contributed by atoms with Gasteiger partial charge in [0.2, 0.25) is 0 Å². The average Bonchev–Trinajstić information content (AvgIpc) is 1.76. The van der Waals surface area contributed by atoms with E-state index in [1.165, 1.54) is 6.92 Å². The minimum atomic E-state index is -1.88. The van der Waals surface area contributed by atoms with Crippen LogP contribution in [0.1, 0.15) is 184 Å². The molecule has 0 spiro atoms. The Bertz CT molecular complexity index is 3560. The van der Waals surface area contributed by atoms with E-state index in [2.05, 4.69) is 47.9 Å². The van der Waals surface area contributed by atoms with Gasteiger partial charge in [-0.1, -0.05) is 48.5 Å². The standard InChI is InChI=1S/C83H147N9O34S2/c1-23-41-53(98)49(94)36(5)66(110-41)116-60-35(4)28-34(3)48(93)64(60)120-70-59(104)63(119-69-47(92-78(109)126-83(20,21)22)57(102)56(101)44(113-69)31-89-75(106)123-80(11,12)13)46(115-70)33-87-73(128)85-27-25-26-84-72(127)86-32-45-62(118-67-37(6)50(95)54(99)42(24-2)111-67)58(103)71(114-45)121-65-52(97)39(90-76(107)124-81(14,15)16)29-40(91-77(108)125-82(17,18)19)61(65)117-68-38(7)51(96)55(100)43(112-68)30-88-74(105)122-79(8,9)10/h34-71,93-104H,23-33H2,1-22H3,(H,88,105)(H,89,106)(H,90,107)(H,91,108)(H,92,109)(H2,84,86,127)(H2,85,87,128)/t34-,35?,36?,37?,38?,39-,40?,41?,42+,43?,44-,45-,46-,47?,48+,49-,50?,51-,52?,53?,54?,55?,56?,57?,58+,59?,60?,61?,62?,63?,64?,65-,66+,67-,68+,69+,70+,71+/m1/s1. The van der Waals surface area contributed by atoms with Crippen LogP contribution in [0.15, 0.2) is 0 Å². The topological polar surface area (TPSA) is 593 Å². The number of thiocarbonyl (C=S) groups is 2. The van der Waals surface area contributed by atoms with Crippen molar-refractivity contribution in [2.24, 2.45) is 29.6 Å². The van der Waals surface area contributed by atoms with Gasteiger partial charge in [0, 0.05) is 57.0 Å². The Labute approximate surface area is 759 Å². The largest absolute Gasteiger partial charge is 0.444 e. The van der Waals surface area contributed by atoms with Gasteiger partial charge in [0.05, 0.1) is 54.8 Å². The zero-order valence-electron chi connectivity index (χ0n) is 77.4. The van der Waals surface area contributed by atoms with Crippen LogP contribution in [-0.2, 0) is 80.5 Å². The molecule has 8 aliphatic rings. The van der Waals surface area contributed by atoms with Crippen LogP contribution in [-0.4, -0.2) is 372 Å². The maximum absolute atomic E-state index is 14.0. The summed E-state index contributed by atoms with van der Waals surface area (Å²) in [6.45, 7) is 35.2. The van der Waals surface area contributed by atoms with Gasteiger partial charge in [0.1, 0.15) is 138 Å². The van der Waals surface area contributed by atoms with E-state index in [-0.39, 0.29) is 55.2 Å². The van der Waals surface area contributed by atoms with Crippen molar-refractivity contribution in [1.29, 1.82) is 0 Å². The maximum Gasteiger partial charge on any atom is 0.408 e. The zero-order chi connectivity index (χ0) is 95.6. The Morgan fingerprint density at radius 2 is 0.617 bits per heavy atom. The molecule has 8 fully saturated rings. The molecule has 43 nitrogen and oxygen atoms in total. The zero-order valence-corrected chi connectivity index (χ0v) is 79.0. The molecular formula is C83H147N9O34S2. The lowest BCUT2D eigenvalue weighted by atomic mass is 9.77. The van der Waals surface area contributed by atoms with Gasteiger partial charge in [-0.25, -0.2) is 24.0 Å². The Morgan fingerprint density at radius 1 is 0.305 bits per heavy atom. The molecule has 5 amide bonds. The molecular weight excluding hydrogens is 1730 g/mol. The molecule has 740 valence electrons. The van der Waals surface area contributed by atoms with Crippen LogP contribution in [0.25, 0.3) is 0 Å². The van der Waals surface area contributed by atoms with Crippen LogP contribution < -0.4 is 47.9 Å². The Morgan fingerprint density at radius 3 is 1.02 bits per heavy atom. The summed E-state index contributed by atoms with van der Waals surface area (Å²) in [5.74, 6) is -3.49. The Kier molecular flexibility index (Phi) is 38.7. The Hall–Kier alpha value is -5.23. The summed E-state index contributed by atoms with van der Waals surface area (Å²) >= 11 is 11.6. The quantitative estimate of drug-likeness (QED) is 0.0263. The second-order valence-corrected chi connectivity index (χ2v) is 40.5. The number of rotatable bonds is 29. The highest BCUT2D eigenvalue weighted by Crippen LogP contribution is 2.43. The van der Waals surface area contributed by atoms with Gasteiger partial charge in [0.15, 0.2) is 48.0 Å². The van der Waals surface area contributed by atoms with E-state index in [0.29, 0.717) is 19.3 Å². The van der Waals surface area contributed by atoms with Crippen molar-refractivity contribution < 1.29 is 166 Å². The van der Waals surface area contributed by atoms with E-state index in [0.717, 1.165) is 0 Å². The van der Waals surface area contributed by atoms with E-state index in [1.54, 1.807) is 132 Å². The van der Waals surface area contributed by atoms with Crippen LogP contribution in [0.2, 0.25) is 0 Å². The van der Waals surface area contributed by atoms with Gasteiger partial charge in [0.25, 0.3) is 0 Å². The SMILES string of the molecule is CCC1O[C@@H](OC2C(C)C[C@@H](C)[C@H](O)C2O[C@@H]2O[C@H](CNC(=S)NCCCNC(=S)NC[C@H]3O[C@@H](O[C@H]4C(O[C@@H]5OC(CNC(=O)OC(C)(C)C)C(O)[C@H](O)C5C)C(NC(=O)OC(C)(C)C)C[C@@H](NC(=O)OC(C)(C)C)C4O)[C@@H](O)C3O[C@H]3O[C@@H](CC)C(O)C(O)C3C)C(O[C@@H]3O[C@H](CNC(=O)OC(C)(C)C)C(O)C(O)C3NC(=O)OC(C)(C)C)C2O)C(C)[C@@H](O)C1O. The highest BCUT2D eigenvalue weighted by molar-refractivity contribution is 7.80. The van der Waals surface area contributed by atoms with Crippen molar-refractivity contribution in [3.8, 4) is 0 Å². The normalized spacial score (nSPS) is 39.6. The molecule has 6 saturated heterocycles. The summed E-state index contributed by atoms with van der Waals surface area (Å²) in [5.41, 5.74) is -5.03. The number of hydrogen-bond donors (Lipinski definition) is 21. The predicted molar refractivity (Wildman–Crippen MR) is 459 cm³/mol. The number of amides is 5. The first kappa shape index (κ1) is 108. The fraction of sp³-hybridized carbons (Fsp3) is 0.916. The van der Waals surface area contributed by atoms with Crippen molar-refractivity contribution in [2.75, 3.05) is 39.3 Å². The Balaban J connectivity index is 1.00. The first-order chi connectivity index (χ1) is 59.4. The molecule has 21 unspecified atom stereocenters. The summed E-state index contributed by atoms with van der Waals surface area (Å²) < 4.78 is 106. The van der Waals surface area contributed by atoms with Gasteiger partial charge in [-0.2, -0.15) is 0 Å². The van der Waals surface area contributed by atoms with E-state index in [9.17, 15) is 85.3 Å². The van der Waals surface area contributed by atoms with E-state index in [4.69, 9.17) is 105 Å². The molecule has 128 heavy (non-hydrogen) atoms. The summed E-state index contributed by atoms with van der Waals surface area (Å²) in [6, 6.07) is -4.30. The molecule has 45 heteroatoms. The fourth-order valence-corrected chi connectivity index (χ4v) is 16.7. The van der Waals surface area contributed by atoms with Crippen molar-refractivity contribution >= 4 is 65.1 Å². The fourth-order valence-electron chi connectivity index (χ4n) is 16.4. The summed E-state index contributed by atoms with van der Waals surface area (Å²) in [5, 5.41) is 166. The number of carbonyl (C=O) groups excluding carboxylic acids is 5. The molecule has 0 bridgehead atoms. The van der Waals surface area contributed by atoms with Crippen LogP contribution in [0.4, 0.5) is 24.0 Å². The smallest absolute Gasteiger partial charge is 0.408 e. The molecule has 2 saturated carbocycles. The molecule has 0 aromatic rings. The summed E-state index contributed by atoms with van der Waals surface area (Å²) in [7, 11) is 0. The molecule has 6 aliphatic heterocycles. The lowest BCUT2D eigenvalue weighted by Gasteiger charge is -2.48. The minimum Gasteiger partial charge on any atom is -0.444 e. The molecule has 0 aromatic carbocycles. The highest BCUT2D eigenvalue weighted by atomic mass is 32.1. The van der Waals surface area contributed by atoms with Crippen LogP contribution in [0, 0.1) is 29.6 Å². The monoisotopic (exact) mass is 1880 g/mol. The number of ether oxygens (including phenoxy) is 17. The van der Waals surface area contributed by atoms with E-state index >= 15 is 0 Å². The molecule has 21 N–H and O–H groups in total. The van der Waals surface area contributed by atoms with Crippen LogP contribution in [0.3, 0.4) is 0 Å². The number of hydrogen-bond acceptors (Lipinski definition) is 36. The first-order valence-electron chi connectivity index (χ1n) is 44.3. The van der Waals surface area contributed by atoms with Crippen molar-refractivity contribution in [3.63, 3.8) is 0 Å². The average molecular weight is 1880 g/mol.